The third kappa shape index (κ3) is 3.24. The van der Waals surface area contributed by atoms with Crippen LogP contribution in [0.3, 0.4) is 0 Å². The number of nitrogens with two attached hydrogens (primary N) is 1. The van der Waals surface area contributed by atoms with Crippen LogP contribution in [0.25, 0.3) is 0 Å². The molecular formula is C13H13NO4S. The van der Waals surface area contributed by atoms with Gasteiger partial charge in [0.05, 0.1) is 12.0 Å². The molecule has 0 saturated heterocycles. The zero-order valence-electron chi connectivity index (χ0n) is 10.2. The van der Waals surface area contributed by atoms with Crippen LogP contribution in [-0.4, -0.2) is 15.5 Å². The largest absolute Gasteiger partial charge is 0.493 e. The number of para-hydroxylation sites is 2. The standard InChI is InChI=1S/C13H13NO4S/c1-17-12-4-2-3-5-13(12)18-10-6-8-11(9-7-10)19(14,15)16/h2-9H,1H3,(H2,14,15,16). The first-order valence-electron chi connectivity index (χ1n) is 5.44. The number of sulfonamides is 1. The lowest BCUT2D eigenvalue weighted by Crippen LogP contribution is -2.11. The van der Waals surface area contributed by atoms with E-state index in [-0.39, 0.29) is 4.90 Å². The van der Waals surface area contributed by atoms with Crippen LogP contribution in [0.1, 0.15) is 0 Å². The van der Waals surface area contributed by atoms with Gasteiger partial charge in [-0.25, -0.2) is 13.6 Å². The Kier molecular flexibility index (Phi) is 3.73. The van der Waals surface area contributed by atoms with E-state index < -0.39 is 10.0 Å². The summed E-state index contributed by atoms with van der Waals surface area (Å²) in [5.41, 5.74) is 0. The average molecular weight is 279 g/mol. The van der Waals surface area contributed by atoms with Crippen molar-refractivity contribution in [3.05, 3.63) is 48.5 Å². The molecule has 0 heterocycles. The summed E-state index contributed by atoms with van der Waals surface area (Å²) in [5, 5.41) is 5.02. The molecule has 0 fully saturated rings. The van der Waals surface area contributed by atoms with E-state index in [1.807, 2.05) is 12.1 Å². The molecule has 19 heavy (non-hydrogen) atoms. The van der Waals surface area contributed by atoms with Crippen molar-refractivity contribution in [2.24, 2.45) is 5.14 Å². The smallest absolute Gasteiger partial charge is 0.238 e. The number of rotatable bonds is 4. The average Bonchev–Trinajstić information content (AvgIpc) is 2.39. The second-order valence-corrected chi connectivity index (χ2v) is 5.33. The van der Waals surface area contributed by atoms with Gasteiger partial charge in [-0.3, -0.25) is 0 Å². The van der Waals surface area contributed by atoms with E-state index in [1.54, 1.807) is 19.2 Å². The summed E-state index contributed by atoms with van der Waals surface area (Å²) < 4.78 is 33.0. The number of methoxy groups -OCH3 is 1. The molecule has 0 aromatic heterocycles. The van der Waals surface area contributed by atoms with Crippen LogP contribution in [-0.2, 0) is 10.0 Å². The minimum atomic E-state index is -3.69. The van der Waals surface area contributed by atoms with Gasteiger partial charge in [0.1, 0.15) is 5.75 Å². The van der Waals surface area contributed by atoms with Gasteiger partial charge < -0.3 is 9.47 Å². The minimum absolute atomic E-state index is 0.0416. The van der Waals surface area contributed by atoms with E-state index >= 15 is 0 Å². The number of hydrogen-bond donors (Lipinski definition) is 1. The lowest BCUT2D eigenvalue weighted by Gasteiger charge is -2.10. The zero-order chi connectivity index (χ0) is 13.9. The molecule has 2 aromatic carbocycles. The first-order valence-corrected chi connectivity index (χ1v) is 6.99. The summed E-state index contributed by atoms with van der Waals surface area (Å²) in [6.07, 6.45) is 0. The normalized spacial score (nSPS) is 11.1. The van der Waals surface area contributed by atoms with Crippen LogP contribution in [0.5, 0.6) is 17.2 Å². The predicted molar refractivity (Wildman–Crippen MR) is 70.9 cm³/mol. The van der Waals surface area contributed by atoms with Crippen LogP contribution >= 0.6 is 0 Å². The molecule has 0 unspecified atom stereocenters. The van der Waals surface area contributed by atoms with Crippen molar-refractivity contribution >= 4 is 10.0 Å². The van der Waals surface area contributed by atoms with E-state index in [0.717, 1.165) is 0 Å². The molecule has 0 radical (unpaired) electrons. The summed E-state index contributed by atoms with van der Waals surface area (Å²) >= 11 is 0. The summed E-state index contributed by atoms with van der Waals surface area (Å²) in [6.45, 7) is 0. The molecule has 0 bridgehead atoms. The van der Waals surface area contributed by atoms with Crippen LogP contribution in [0.4, 0.5) is 0 Å². The Labute approximate surface area is 111 Å². The Morgan fingerprint density at radius 1 is 0.947 bits per heavy atom. The Morgan fingerprint density at radius 2 is 1.53 bits per heavy atom. The molecule has 6 heteroatoms. The lowest BCUT2D eigenvalue weighted by molar-refractivity contribution is 0.379. The minimum Gasteiger partial charge on any atom is -0.493 e. The van der Waals surface area contributed by atoms with Crippen LogP contribution < -0.4 is 14.6 Å². The van der Waals surface area contributed by atoms with Crippen molar-refractivity contribution in [3.63, 3.8) is 0 Å². The van der Waals surface area contributed by atoms with Gasteiger partial charge in [0.2, 0.25) is 10.0 Å². The van der Waals surface area contributed by atoms with Gasteiger partial charge in [0.15, 0.2) is 11.5 Å². The van der Waals surface area contributed by atoms with E-state index in [4.69, 9.17) is 14.6 Å². The molecule has 0 spiro atoms. The van der Waals surface area contributed by atoms with Gasteiger partial charge in [-0.2, -0.15) is 0 Å². The maximum absolute atomic E-state index is 11.1. The third-order valence-electron chi connectivity index (χ3n) is 2.45. The summed E-state index contributed by atoms with van der Waals surface area (Å²) in [5.74, 6) is 1.64. The highest BCUT2D eigenvalue weighted by molar-refractivity contribution is 7.89. The molecule has 5 nitrogen and oxygen atoms in total. The summed E-state index contributed by atoms with van der Waals surface area (Å²) in [7, 11) is -2.14. The van der Waals surface area contributed by atoms with Crippen molar-refractivity contribution in [3.8, 4) is 17.2 Å². The zero-order valence-corrected chi connectivity index (χ0v) is 11.1. The molecule has 2 aromatic rings. The van der Waals surface area contributed by atoms with E-state index in [0.29, 0.717) is 17.2 Å². The van der Waals surface area contributed by atoms with Crippen LogP contribution in [0, 0.1) is 0 Å². The molecule has 0 atom stereocenters. The fraction of sp³-hybridized carbons (Fsp3) is 0.0769. The molecule has 0 aliphatic heterocycles. The maximum atomic E-state index is 11.1. The Balaban J connectivity index is 2.25. The second kappa shape index (κ2) is 5.29. The first kappa shape index (κ1) is 13.4. The fourth-order valence-corrected chi connectivity index (χ4v) is 2.04. The fourth-order valence-electron chi connectivity index (χ4n) is 1.53. The van der Waals surface area contributed by atoms with Gasteiger partial charge in [0.25, 0.3) is 0 Å². The van der Waals surface area contributed by atoms with Gasteiger partial charge in [-0.05, 0) is 36.4 Å². The first-order chi connectivity index (χ1) is 9.00. The molecule has 2 N–H and O–H groups in total. The number of ether oxygens (including phenoxy) is 2. The quantitative estimate of drug-likeness (QED) is 0.930. The molecule has 100 valence electrons. The van der Waals surface area contributed by atoms with Crippen molar-refractivity contribution in [2.45, 2.75) is 4.90 Å². The number of benzene rings is 2. The molecule has 0 amide bonds. The van der Waals surface area contributed by atoms with Gasteiger partial charge in [0, 0.05) is 0 Å². The van der Waals surface area contributed by atoms with E-state index in [9.17, 15) is 8.42 Å². The lowest BCUT2D eigenvalue weighted by atomic mass is 10.3. The maximum Gasteiger partial charge on any atom is 0.238 e. The molecule has 0 aliphatic rings. The third-order valence-corrected chi connectivity index (χ3v) is 3.38. The van der Waals surface area contributed by atoms with E-state index in [1.165, 1.54) is 24.3 Å². The SMILES string of the molecule is COc1ccccc1Oc1ccc(S(N)(=O)=O)cc1. The summed E-state index contributed by atoms with van der Waals surface area (Å²) in [6, 6.07) is 13.0. The van der Waals surface area contributed by atoms with Crippen molar-refractivity contribution in [1.29, 1.82) is 0 Å². The molecule has 0 aliphatic carbocycles. The monoisotopic (exact) mass is 279 g/mol. The molecular weight excluding hydrogens is 266 g/mol. The molecule has 0 saturated carbocycles. The highest BCUT2D eigenvalue weighted by atomic mass is 32.2. The van der Waals surface area contributed by atoms with Gasteiger partial charge in [-0.1, -0.05) is 12.1 Å². The molecule has 2 rings (SSSR count). The van der Waals surface area contributed by atoms with Crippen LogP contribution in [0.15, 0.2) is 53.4 Å². The number of hydrogen-bond acceptors (Lipinski definition) is 4. The number of primary sulfonamides is 1. The highest BCUT2D eigenvalue weighted by Gasteiger charge is 2.08. The van der Waals surface area contributed by atoms with Crippen molar-refractivity contribution < 1.29 is 17.9 Å². The van der Waals surface area contributed by atoms with Crippen molar-refractivity contribution in [2.75, 3.05) is 7.11 Å². The summed E-state index contributed by atoms with van der Waals surface area (Å²) in [4.78, 5) is 0.0416. The predicted octanol–water partition coefficient (Wildman–Crippen LogP) is 2.13. The Bertz CT molecular complexity index is 665. The van der Waals surface area contributed by atoms with Gasteiger partial charge >= 0.3 is 0 Å². The van der Waals surface area contributed by atoms with E-state index in [2.05, 4.69) is 0 Å². The highest BCUT2D eigenvalue weighted by Crippen LogP contribution is 2.31. The van der Waals surface area contributed by atoms with Crippen LogP contribution in [0.2, 0.25) is 0 Å². The second-order valence-electron chi connectivity index (χ2n) is 3.77. The Morgan fingerprint density at radius 3 is 2.05 bits per heavy atom. The topological polar surface area (TPSA) is 78.6 Å². The Hall–Kier alpha value is -2.05. The van der Waals surface area contributed by atoms with Crippen molar-refractivity contribution in [1.82, 2.24) is 0 Å². The van der Waals surface area contributed by atoms with Gasteiger partial charge in [-0.15, -0.1) is 0 Å².